The number of nitrogens with one attached hydrogen (secondary N) is 1. The topological polar surface area (TPSA) is 52.0 Å². The lowest BCUT2D eigenvalue weighted by atomic mass is 10.0. The van der Waals surface area contributed by atoms with Gasteiger partial charge in [-0.05, 0) is 18.2 Å². The number of likely N-dealkylation sites (N-methyl/N-ethyl adjacent to an activating group) is 1. The Morgan fingerprint density at radius 2 is 2.32 bits per heavy atom. The van der Waals surface area contributed by atoms with Gasteiger partial charge in [0.15, 0.2) is 0 Å². The fourth-order valence-electron chi connectivity index (χ4n) is 2.62. The number of fused-ring (bicyclic) bond motifs is 1. The minimum Gasteiger partial charge on any atom is -0.488 e. The minimum absolute atomic E-state index is 0.0922. The molecule has 0 aliphatic carbocycles. The Balaban J connectivity index is 1.86. The maximum atomic E-state index is 6.07. The predicted molar refractivity (Wildman–Crippen MR) is 72.0 cm³/mol. The Labute approximate surface area is 112 Å². The van der Waals surface area contributed by atoms with Gasteiger partial charge in [-0.3, -0.25) is 4.68 Å². The summed E-state index contributed by atoms with van der Waals surface area (Å²) in [5, 5.41) is 11.5. The van der Waals surface area contributed by atoms with Gasteiger partial charge in [0.05, 0.1) is 17.9 Å². The van der Waals surface area contributed by atoms with Crippen LogP contribution in [0.15, 0.2) is 30.5 Å². The van der Waals surface area contributed by atoms with Gasteiger partial charge in [-0.2, -0.15) is 0 Å². The molecule has 1 aliphatic rings. The van der Waals surface area contributed by atoms with Crippen molar-refractivity contribution in [3.63, 3.8) is 0 Å². The second-order valence-corrected chi connectivity index (χ2v) is 4.79. The summed E-state index contributed by atoms with van der Waals surface area (Å²) in [6.45, 7) is 2.98. The van der Waals surface area contributed by atoms with Crippen molar-refractivity contribution in [1.82, 2.24) is 20.3 Å². The number of para-hydroxylation sites is 1. The Hall–Kier alpha value is -1.88. The zero-order valence-corrected chi connectivity index (χ0v) is 11.2. The van der Waals surface area contributed by atoms with Crippen LogP contribution in [0.25, 0.3) is 0 Å². The number of nitrogens with zero attached hydrogens (tertiary/aromatic N) is 3. The first-order chi connectivity index (χ1) is 9.29. The summed E-state index contributed by atoms with van der Waals surface area (Å²) < 4.78 is 7.87. The first-order valence-corrected chi connectivity index (χ1v) is 6.62. The SMILES string of the molecule is CCNC(c1cnnn1C)C1Cc2ccccc2O1. The Bertz CT molecular complexity index is 541. The molecule has 0 saturated heterocycles. The molecule has 0 radical (unpaired) electrons. The lowest BCUT2D eigenvalue weighted by molar-refractivity contribution is 0.175. The summed E-state index contributed by atoms with van der Waals surface area (Å²) in [6.07, 6.45) is 2.81. The molecule has 2 unspecified atom stereocenters. The molecule has 5 heteroatoms. The molecule has 1 aromatic carbocycles. The van der Waals surface area contributed by atoms with Gasteiger partial charge < -0.3 is 10.1 Å². The van der Waals surface area contributed by atoms with E-state index in [-0.39, 0.29) is 12.1 Å². The molecule has 0 fully saturated rings. The maximum Gasteiger partial charge on any atom is 0.124 e. The highest BCUT2D eigenvalue weighted by Gasteiger charge is 2.32. The normalized spacial score (nSPS) is 18.9. The largest absolute Gasteiger partial charge is 0.488 e. The Kier molecular flexibility index (Phi) is 3.21. The van der Waals surface area contributed by atoms with Crippen molar-refractivity contribution < 1.29 is 4.74 Å². The second kappa shape index (κ2) is 5.01. The predicted octanol–water partition coefficient (Wildman–Crippen LogP) is 1.47. The molecule has 1 aliphatic heterocycles. The van der Waals surface area contributed by atoms with Gasteiger partial charge in [-0.25, -0.2) is 0 Å². The fraction of sp³-hybridized carbons (Fsp3) is 0.429. The number of benzene rings is 1. The Morgan fingerprint density at radius 3 is 3.00 bits per heavy atom. The molecule has 100 valence electrons. The molecule has 3 rings (SSSR count). The third-order valence-corrected chi connectivity index (χ3v) is 3.54. The maximum absolute atomic E-state index is 6.07. The van der Waals surface area contributed by atoms with Crippen molar-refractivity contribution in [2.75, 3.05) is 6.54 Å². The van der Waals surface area contributed by atoms with E-state index in [1.807, 2.05) is 19.2 Å². The van der Waals surface area contributed by atoms with Crippen molar-refractivity contribution >= 4 is 0 Å². The smallest absolute Gasteiger partial charge is 0.124 e. The molecule has 0 saturated carbocycles. The van der Waals surface area contributed by atoms with Crippen molar-refractivity contribution in [2.24, 2.45) is 7.05 Å². The molecule has 0 bridgehead atoms. The summed E-state index contributed by atoms with van der Waals surface area (Å²) in [5.74, 6) is 0.991. The molecular weight excluding hydrogens is 240 g/mol. The molecular formula is C14H18N4O. The number of ether oxygens (including phenoxy) is 1. The average molecular weight is 258 g/mol. The average Bonchev–Trinajstić information content (AvgIpc) is 3.02. The molecule has 2 heterocycles. The molecule has 0 amide bonds. The van der Waals surface area contributed by atoms with E-state index in [9.17, 15) is 0 Å². The summed E-state index contributed by atoms with van der Waals surface area (Å²) in [4.78, 5) is 0. The summed E-state index contributed by atoms with van der Waals surface area (Å²) in [5.41, 5.74) is 2.32. The zero-order valence-electron chi connectivity index (χ0n) is 11.2. The third-order valence-electron chi connectivity index (χ3n) is 3.54. The van der Waals surface area contributed by atoms with Crippen LogP contribution in [-0.4, -0.2) is 27.6 Å². The highest BCUT2D eigenvalue weighted by Crippen LogP contribution is 2.33. The van der Waals surface area contributed by atoms with Gasteiger partial charge in [-0.1, -0.05) is 30.3 Å². The summed E-state index contributed by atoms with van der Waals surface area (Å²) in [7, 11) is 1.91. The Morgan fingerprint density at radius 1 is 1.47 bits per heavy atom. The lowest BCUT2D eigenvalue weighted by Gasteiger charge is -2.23. The minimum atomic E-state index is 0.0922. The first-order valence-electron chi connectivity index (χ1n) is 6.62. The van der Waals surface area contributed by atoms with Crippen molar-refractivity contribution in [3.8, 4) is 5.75 Å². The van der Waals surface area contributed by atoms with Gasteiger partial charge in [0, 0.05) is 13.5 Å². The second-order valence-electron chi connectivity index (χ2n) is 4.79. The van der Waals surface area contributed by atoms with Crippen LogP contribution in [-0.2, 0) is 13.5 Å². The van der Waals surface area contributed by atoms with Crippen molar-refractivity contribution in [1.29, 1.82) is 0 Å². The zero-order chi connectivity index (χ0) is 13.2. The number of rotatable bonds is 4. The quantitative estimate of drug-likeness (QED) is 0.902. The van der Waals surface area contributed by atoms with E-state index < -0.39 is 0 Å². The molecule has 5 nitrogen and oxygen atoms in total. The van der Waals surface area contributed by atoms with E-state index in [1.165, 1.54) is 5.56 Å². The highest BCUT2D eigenvalue weighted by molar-refractivity contribution is 5.38. The van der Waals surface area contributed by atoms with Crippen molar-refractivity contribution in [2.45, 2.75) is 25.5 Å². The van der Waals surface area contributed by atoms with E-state index in [0.29, 0.717) is 0 Å². The summed E-state index contributed by atoms with van der Waals surface area (Å²) in [6, 6.07) is 8.32. The molecule has 19 heavy (non-hydrogen) atoms. The number of aryl methyl sites for hydroxylation is 1. The van der Waals surface area contributed by atoms with E-state index in [4.69, 9.17) is 4.74 Å². The van der Waals surface area contributed by atoms with Gasteiger partial charge in [0.25, 0.3) is 0 Å². The van der Waals surface area contributed by atoms with E-state index >= 15 is 0 Å². The first kappa shape index (κ1) is 12.2. The van der Waals surface area contributed by atoms with Gasteiger partial charge >= 0.3 is 0 Å². The van der Waals surface area contributed by atoms with Crippen LogP contribution < -0.4 is 10.1 Å². The molecule has 2 atom stereocenters. The lowest BCUT2D eigenvalue weighted by Crippen LogP contribution is -2.36. The van der Waals surface area contributed by atoms with Crippen LogP contribution in [0.4, 0.5) is 0 Å². The fourth-order valence-corrected chi connectivity index (χ4v) is 2.62. The number of hydrogen-bond acceptors (Lipinski definition) is 4. The van der Waals surface area contributed by atoms with Crippen LogP contribution in [0.5, 0.6) is 5.75 Å². The van der Waals surface area contributed by atoms with E-state index in [2.05, 4.69) is 34.7 Å². The van der Waals surface area contributed by atoms with Crippen LogP contribution in [0.1, 0.15) is 24.2 Å². The molecule has 1 aromatic heterocycles. The number of hydrogen-bond donors (Lipinski definition) is 1. The molecule has 2 aromatic rings. The van der Waals surface area contributed by atoms with Crippen molar-refractivity contribution in [3.05, 3.63) is 41.7 Å². The van der Waals surface area contributed by atoms with Gasteiger partial charge in [0.2, 0.25) is 0 Å². The van der Waals surface area contributed by atoms with Crippen LogP contribution in [0, 0.1) is 0 Å². The summed E-state index contributed by atoms with van der Waals surface area (Å²) >= 11 is 0. The van der Waals surface area contributed by atoms with Gasteiger partial charge in [0.1, 0.15) is 11.9 Å². The third kappa shape index (κ3) is 2.21. The van der Waals surface area contributed by atoms with Crippen LogP contribution in [0.2, 0.25) is 0 Å². The number of aromatic nitrogens is 3. The van der Waals surface area contributed by atoms with Crippen LogP contribution >= 0.6 is 0 Å². The van der Waals surface area contributed by atoms with Crippen LogP contribution in [0.3, 0.4) is 0 Å². The van der Waals surface area contributed by atoms with E-state index in [0.717, 1.165) is 24.4 Å². The highest BCUT2D eigenvalue weighted by atomic mass is 16.5. The molecule has 1 N–H and O–H groups in total. The van der Waals surface area contributed by atoms with Gasteiger partial charge in [-0.15, -0.1) is 5.10 Å². The monoisotopic (exact) mass is 258 g/mol. The molecule has 0 spiro atoms. The van der Waals surface area contributed by atoms with E-state index in [1.54, 1.807) is 10.9 Å². The standard InChI is InChI=1S/C14H18N4O/c1-3-15-14(11-9-16-17-18(11)2)13-8-10-6-4-5-7-12(10)19-13/h4-7,9,13-15H,3,8H2,1-2H3.